The summed E-state index contributed by atoms with van der Waals surface area (Å²) in [5, 5.41) is 5.05. The molecular weight excluding hydrogens is 431 g/mol. The van der Waals surface area contributed by atoms with Gasteiger partial charge in [0.2, 0.25) is 5.91 Å². The minimum Gasteiger partial charge on any atom is -0.463 e. The number of nitrogens with zero attached hydrogens (tertiary/aromatic N) is 2. The molecule has 166 valence electrons. The Labute approximate surface area is 182 Å². The van der Waals surface area contributed by atoms with Crippen LogP contribution in [0.25, 0.3) is 0 Å². The first-order valence-electron chi connectivity index (χ1n) is 9.72. The van der Waals surface area contributed by atoms with Crippen molar-refractivity contribution < 1.29 is 27.5 Å². The molecule has 1 atom stereocenters. The Bertz CT molecular complexity index is 968. The van der Waals surface area contributed by atoms with Gasteiger partial charge in [-0.25, -0.2) is 9.79 Å². The van der Waals surface area contributed by atoms with Gasteiger partial charge in [0.25, 0.3) is 0 Å². The lowest BCUT2D eigenvalue weighted by Crippen LogP contribution is -2.38. The van der Waals surface area contributed by atoms with E-state index < -0.39 is 23.8 Å². The van der Waals surface area contributed by atoms with Crippen molar-refractivity contribution in [3.63, 3.8) is 0 Å². The average Bonchev–Trinajstić information content (AvgIpc) is 3.08. The van der Waals surface area contributed by atoms with Crippen LogP contribution in [0.1, 0.15) is 44.4 Å². The standard InChI is InChI=1S/C21H22F3N3O3S/c1-4-25-16(28)10-15-11-31-20-26-12(3)17(19(29)30-5-2)18(27(15)20)13-6-8-14(9-7-13)21(22,23)24/h6-9,11,18H,4-5,10H2,1-3H3,(H,25,28). The lowest BCUT2D eigenvalue weighted by Gasteiger charge is -2.36. The summed E-state index contributed by atoms with van der Waals surface area (Å²) in [5.41, 5.74) is 0.943. The van der Waals surface area contributed by atoms with Crippen LogP contribution in [0.15, 0.2) is 51.6 Å². The summed E-state index contributed by atoms with van der Waals surface area (Å²) in [6.45, 7) is 5.75. The van der Waals surface area contributed by atoms with Crippen molar-refractivity contribution in [1.82, 2.24) is 10.2 Å². The summed E-state index contributed by atoms with van der Waals surface area (Å²) in [6, 6.07) is 3.89. The zero-order valence-electron chi connectivity index (χ0n) is 17.2. The number of benzene rings is 1. The van der Waals surface area contributed by atoms with E-state index in [9.17, 15) is 22.8 Å². The average molecular weight is 453 g/mol. The van der Waals surface area contributed by atoms with E-state index >= 15 is 0 Å². The third-order valence-corrected chi connectivity index (χ3v) is 5.65. The molecule has 1 unspecified atom stereocenters. The van der Waals surface area contributed by atoms with Crippen LogP contribution in [-0.4, -0.2) is 35.1 Å². The predicted molar refractivity (Wildman–Crippen MR) is 112 cm³/mol. The highest BCUT2D eigenvalue weighted by Gasteiger charge is 2.41. The van der Waals surface area contributed by atoms with Crippen molar-refractivity contribution in [2.45, 2.75) is 39.4 Å². The summed E-state index contributed by atoms with van der Waals surface area (Å²) in [4.78, 5) is 31.2. The van der Waals surface area contributed by atoms with E-state index in [4.69, 9.17) is 4.74 Å². The highest BCUT2D eigenvalue weighted by atomic mass is 32.2. The number of hydrogen-bond donors (Lipinski definition) is 1. The fourth-order valence-corrected chi connectivity index (χ4v) is 4.40. The second-order valence-electron chi connectivity index (χ2n) is 6.86. The van der Waals surface area contributed by atoms with Gasteiger partial charge in [-0.15, -0.1) is 0 Å². The van der Waals surface area contributed by atoms with Crippen molar-refractivity contribution in [2.75, 3.05) is 13.2 Å². The maximum Gasteiger partial charge on any atom is 0.416 e. The van der Waals surface area contributed by atoms with Gasteiger partial charge in [0.1, 0.15) is 0 Å². The number of hydrogen-bond acceptors (Lipinski definition) is 6. The van der Waals surface area contributed by atoms with Gasteiger partial charge in [-0.3, -0.25) is 4.79 Å². The zero-order chi connectivity index (χ0) is 22.8. The number of allylic oxidation sites excluding steroid dienone is 1. The molecule has 0 aromatic heterocycles. The molecule has 0 saturated heterocycles. The van der Waals surface area contributed by atoms with E-state index in [-0.39, 0.29) is 24.5 Å². The van der Waals surface area contributed by atoms with Crippen LogP contribution in [-0.2, 0) is 20.5 Å². The normalized spacial score (nSPS) is 18.4. The fraction of sp³-hybridized carbons (Fsp3) is 0.381. The molecule has 0 fully saturated rings. The first-order chi connectivity index (χ1) is 14.7. The van der Waals surface area contributed by atoms with Gasteiger partial charge in [-0.1, -0.05) is 23.9 Å². The Hall–Kier alpha value is -2.75. The first-order valence-corrected chi connectivity index (χ1v) is 10.6. The molecule has 1 N–H and O–H groups in total. The number of nitrogens with one attached hydrogen (secondary N) is 1. The van der Waals surface area contributed by atoms with Crippen molar-refractivity contribution in [3.8, 4) is 0 Å². The molecule has 3 rings (SSSR count). The van der Waals surface area contributed by atoms with Gasteiger partial charge >= 0.3 is 12.1 Å². The Morgan fingerprint density at radius 2 is 1.90 bits per heavy atom. The quantitative estimate of drug-likeness (QED) is 0.648. The van der Waals surface area contributed by atoms with Crippen LogP contribution in [0.5, 0.6) is 0 Å². The van der Waals surface area contributed by atoms with E-state index in [0.29, 0.717) is 28.7 Å². The van der Waals surface area contributed by atoms with Crippen LogP contribution in [0.2, 0.25) is 0 Å². The Morgan fingerprint density at radius 1 is 1.23 bits per heavy atom. The van der Waals surface area contributed by atoms with Crippen molar-refractivity contribution >= 4 is 28.8 Å². The maximum absolute atomic E-state index is 13.1. The van der Waals surface area contributed by atoms with Crippen molar-refractivity contribution in [3.05, 3.63) is 57.8 Å². The number of thioether (sulfide) groups is 1. The first kappa shape index (κ1) is 22.9. The monoisotopic (exact) mass is 453 g/mol. The van der Waals surface area contributed by atoms with E-state index in [1.54, 1.807) is 31.1 Å². The molecule has 0 spiro atoms. The number of esters is 1. The van der Waals surface area contributed by atoms with Gasteiger partial charge in [-0.2, -0.15) is 13.2 Å². The molecule has 0 aliphatic carbocycles. The number of carbonyl (C=O) groups is 2. The van der Waals surface area contributed by atoms with Gasteiger partial charge < -0.3 is 15.0 Å². The minimum atomic E-state index is -4.47. The number of amides is 1. The van der Waals surface area contributed by atoms with Crippen LogP contribution < -0.4 is 5.32 Å². The summed E-state index contributed by atoms with van der Waals surface area (Å²) in [7, 11) is 0. The Kier molecular flexibility index (Phi) is 6.78. The molecule has 1 aromatic carbocycles. The summed E-state index contributed by atoms with van der Waals surface area (Å²) >= 11 is 1.30. The van der Waals surface area contributed by atoms with Crippen LogP contribution in [0.3, 0.4) is 0 Å². The minimum absolute atomic E-state index is 0.0478. The van der Waals surface area contributed by atoms with Crippen LogP contribution in [0.4, 0.5) is 13.2 Å². The second-order valence-corrected chi connectivity index (χ2v) is 7.70. The number of aliphatic imine (C=N–C) groups is 1. The lowest BCUT2D eigenvalue weighted by atomic mass is 9.93. The molecule has 1 aromatic rings. The number of carbonyl (C=O) groups excluding carboxylic acids is 2. The Balaban J connectivity index is 2.06. The predicted octanol–water partition coefficient (Wildman–Crippen LogP) is 4.37. The van der Waals surface area contributed by atoms with Crippen molar-refractivity contribution in [1.29, 1.82) is 0 Å². The number of fused-ring (bicyclic) bond motifs is 1. The molecular formula is C21H22F3N3O3S. The molecule has 2 aliphatic heterocycles. The topological polar surface area (TPSA) is 71.0 Å². The highest BCUT2D eigenvalue weighted by Crippen LogP contribution is 2.45. The third kappa shape index (κ3) is 4.79. The number of halogens is 3. The SMILES string of the molecule is CCNC(=O)CC1=CSC2=NC(C)=C(C(=O)OCC)C(c3ccc(C(F)(F)F)cc3)N12. The van der Waals surface area contributed by atoms with E-state index in [1.807, 2.05) is 0 Å². The number of alkyl halides is 3. The van der Waals surface area contributed by atoms with Crippen LogP contribution >= 0.6 is 11.8 Å². The largest absolute Gasteiger partial charge is 0.463 e. The second kappa shape index (κ2) is 9.17. The fourth-order valence-electron chi connectivity index (χ4n) is 3.43. The smallest absolute Gasteiger partial charge is 0.416 e. The highest BCUT2D eigenvalue weighted by molar-refractivity contribution is 8.16. The number of ether oxygens (including phenoxy) is 1. The molecule has 2 heterocycles. The summed E-state index contributed by atoms with van der Waals surface area (Å²) < 4.78 is 44.4. The number of rotatable bonds is 6. The Morgan fingerprint density at radius 3 is 2.48 bits per heavy atom. The number of amidine groups is 1. The summed E-state index contributed by atoms with van der Waals surface area (Å²) in [6.07, 6.45) is -4.42. The molecule has 1 amide bonds. The molecule has 0 bridgehead atoms. The van der Waals surface area contributed by atoms with Crippen LogP contribution in [0, 0.1) is 0 Å². The molecule has 31 heavy (non-hydrogen) atoms. The molecule has 0 radical (unpaired) electrons. The van der Waals surface area contributed by atoms with Crippen molar-refractivity contribution in [2.24, 2.45) is 4.99 Å². The molecule has 2 aliphatic rings. The summed E-state index contributed by atoms with van der Waals surface area (Å²) in [5.74, 6) is -0.798. The van der Waals surface area contributed by atoms with E-state index in [2.05, 4.69) is 10.3 Å². The molecule has 10 heteroatoms. The maximum atomic E-state index is 13.1. The van der Waals surface area contributed by atoms with Gasteiger partial charge in [0.15, 0.2) is 5.17 Å². The van der Waals surface area contributed by atoms with Gasteiger partial charge in [0, 0.05) is 12.2 Å². The third-order valence-electron chi connectivity index (χ3n) is 4.77. The molecule has 0 saturated carbocycles. The zero-order valence-corrected chi connectivity index (χ0v) is 18.1. The van der Waals surface area contributed by atoms with E-state index in [1.165, 1.54) is 23.9 Å². The van der Waals surface area contributed by atoms with Gasteiger partial charge in [-0.05, 0) is 43.9 Å². The van der Waals surface area contributed by atoms with Gasteiger partial charge in [0.05, 0.1) is 35.9 Å². The lowest BCUT2D eigenvalue weighted by molar-refractivity contribution is -0.139. The molecule has 6 nitrogen and oxygen atoms in total. The van der Waals surface area contributed by atoms with E-state index in [0.717, 1.165) is 12.1 Å².